The lowest BCUT2D eigenvalue weighted by Gasteiger charge is -2.04. The van der Waals surface area contributed by atoms with E-state index < -0.39 is 0 Å². The Kier molecular flexibility index (Phi) is 2.65. The van der Waals surface area contributed by atoms with Crippen LogP contribution in [0.15, 0.2) is 24.3 Å². The van der Waals surface area contributed by atoms with Crippen molar-refractivity contribution < 1.29 is 9.53 Å². The Hall–Kier alpha value is -1.31. The fourth-order valence-electron chi connectivity index (χ4n) is 3.35. The largest absolute Gasteiger partial charge is 0.497 e. The SMILES string of the molecule is COc1cccc(C(=O)C2C3CCCCC32)c1. The fourth-order valence-corrected chi connectivity index (χ4v) is 3.35. The third-order valence-electron chi connectivity index (χ3n) is 4.31. The molecule has 2 saturated carbocycles. The third kappa shape index (κ3) is 1.86. The predicted octanol–water partition coefficient (Wildman–Crippen LogP) is 3.31. The lowest BCUT2D eigenvalue weighted by molar-refractivity contribution is 0.0956. The summed E-state index contributed by atoms with van der Waals surface area (Å²) in [4.78, 5) is 12.4. The first kappa shape index (κ1) is 10.8. The van der Waals surface area contributed by atoms with E-state index in [-0.39, 0.29) is 0 Å². The van der Waals surface area contributed by atoms with Crippen LogP contribution >= 0.6 is 0 Å². The van der Waals surface area contributed by atoms with Crippen LogP contribution < -0.4 is 4.74 Å². The average Bonchev–Trinajstić information content (AvgIpc) is 3.12. The first-order valence-electron chi connectivity index (χ1n) is 6.49. The van der Waals surface area contributed by atoms with Gasteiger partial charge in [0.25, 0.3) is 0 Å². The zero-order chi connectivity index (χ0) is 11.8. The minimum atomic E-state index is 0.310. The molecule has 2 heteroatoms. The highest BCUT2D eigenvalue weighted by Crippen LogP contribution is 2.56. The lowest BCUT2D eigenvalue weighted by Crippen LogP contribution is -2.04. The number of methoxy groups -OCH3 is 1. The number of hydrogen-bond donors (Lipinski definition) is 0. The Labute approximate surface area is 102 Å². The molecule has 0 bridgehead atoms. The van der Waals surface area contributed by atoms with Crippen LogP contribution in [0.3, 0.4) is 0 Å². The molecule has 0 heterocycles. The van der Waals surface area contributed by atoms with Crippen molar-refractivity contribution in [3.8, 4) is 5.75 Å². The standard InChI is InChI=1S/C15H18O2/c1-17-11-6-4-5-10(9-11)15(16)14-12-7-2-3-8-13(12)14/h4-6,9,12-14H,2-3,7-8H2,1H3. The van der Waals surface area contributed by atoms with E-state index in [4.69, 9.17) is 4.74 Å². The number of ketones is 1. The van der Waals surface area contributed by atoms with E-state index >= 15 is 0 Å². The summed E-state index contributed by atoms with van der Waals surface area (Å²) >= 11 is 0. The summed E-state index contributed by atoms with van der Waals surface area (Å²) in [7, 11) is 1.64. The van der Waals surface area contributed by atoms with Gasteiger partial charge in [0.05, 0.1) is 7.11 Å². The van der Waals surface area contributed by atoms with Gasteiger partial charge in [-0.1, -0.05) is 25.0 Å². The van der Waals surface area contributed by atoms with E-state index in [1.807, 2.05) is 24.3 Å². The summed E-state index contributed by atoms with van der Waals surface area (Å²) in [6.45, 7) is 0. The Bertz CT molecular complexity index is 426. The van der Waals surface area contributed by atoms with Crippen molar-refractivity contribution in [2.45, 2.75) is 25.7 Å². The van der Waals surface area contributed by atoms with Gasteiger partial charge < -0.3 is 4.74 Å². The van der Waals surface area contributed by atoms with Crippen LogP contribution in [-0.2, 0) is 0 Å². The van der Waals surface area contributed by atoms with Gasteiger partial charge in [-0.05, 0) is 36.8 Å². The van der Waals surface area contributed by atoms with Gasteiger partial charge in [0.15, 0.2) is 5.78 Å². The predicted molar refractivity (Wildman–Crippen MR) is 66.3 cm³/mol. The molecular formula is C15H18O2. The highest BCUT2D eigenvalue weighted by molar-refractivity contribution is 6.00. The number of carbonyl (C=O) groups is 1. The normalized spacial score (nSPS) is 30.5. The van der Waals surface area contributed by atoms with Crippen molar-refractivity contribution in [3.63, 3.8) is 0 Å². The molecule has 0 N–H and O–H groups in total. The van der Waals surface area contributed by atoms with Crippen LogP contribution in [0.4, 0.5) is 0 Å². The molecule has 0 aromatic heterocycles. The summed E-state index contributed by atoms with van der Waals surface area (Å²) in [5.41, 5.74) is 0.823. The topological polar surface area (TPSA) is 26.3 Å². The molecule has 2 nitrogen and oxygen atoms in total. The molecule has 2 aliphatic carbocycles. The number of carbonyl (C=O) groups excluding carboxylic acids is 1. The number of Topliss-reactive ketones (excluding diaryl/α,β-unsaturated/α-hetero) is 1. The first-order valence-corrected chi connectivity index (χ1v) is 6.49. The van der Waals surface area contributed by atoms with Crippen LogP contribution in [0.5, 0.6) is 5.75 Å². The molecule has 0 radical (unpaired) electrons. The highest BCUT2D eigenvalue weighted by atomic mass is 16.5. The second-order valence-electron chi connectivity index (χ2n) is 5.23. The van der Waals surface area contributed by atoms with E-state index in [9.17, 15) is 4.79 Å². The summed E-state index contributed by atoms with van der Waals surface area (Å²) in [5.74, 6) is 2.79. The second-order valence-corrected chi connectivity index (χ2v) is 5.23. The van der Waals surface area contributed by atoms with Crippen molar-refractivity contribution >= 4 is 5.78 Å². The van der Waals surface area contributed by atoms with E-state index in [0.717, 1.165) is 11.3 Å². The molecule has 1 aromatic rings. The van der Waals surface area contributed by atoms with Gasteiger partial charge in [0.2, 0.25) is 0 Å². The van der Waals surface area contributed by atoms with Crippen LogP contribution in [-0.4, -0.2) is 12.9 Å². The van der Waals surface area contributed by atoms with E-state index in [0.29, 0.717) is 23.5 Å². The minimum absolute atomic E-state index is 0.310. The summed E-state index contributed by atoms with van der Waals surface area (Å²) < 4.78 is 5.17. The highest BCUT2D eigenvalue weighted by Gasteiger charge is 2.54. The minimum Gasteiger partial charge on any atom is -0.497 e. The molecule has 2 unspecified atom stereocenters. The average molecular weight is 230 g/mol. The van der Waals surface area contributed by atoms with E-state index in [1.54, 1.807) is 7.11 Å². The molecule has 0 saturated heterocycles. The smallest absolute Gasteiger partial charge is 0.166 e. The van der Waals surface area contributed by atoms with Gasteiger partial charge in [0.1, 0.15) is 5.75 Å². The molecule has 3 rings (SSSR count). The molecule has 90 valence electrons. The van der Waals surface area contributed by atoms with Crippen molar-refractivity contribution in [2.75, 3.05) is 7.11 Å². The molecular weight excluding hydrogens is 212 g/mol. The van der Waals surface area contributed by atoms with E-state index in [2.05, 4.69) is 0 Å². The van der Waals surface area contributed by atoms with Crippen LogP contribution in [0, 0.1) is 17.8 Å². The van der Waals surface area contributed by atoms with Gasteiger partial charge in [0, 0.05) is 11.5 Å². The molecule has 2 aliphatic rings. The lowest BCUT2D eigenvalue weighted by atomic mass is 10.0. The van der Waals surface area contributed by atoms with Gasteiger partial charge in [-0.25, -0.2) is 0 Å². The first-order chi connectivity index (χ1) is 8.31. The maximum Gasteiger partial charge on any atom is 0.166 e. The Morgan fingerprint density at radius 2 is 1.94 bits per heavy atom. The number of rotatable bonds is 3. The zero-order valence-corrected chi connectivity index (χ0v) is 10.2. The quantitative estimate of drug-likeness (QED) is 0.745. The maximum atomic E-state index is 12.4. The maximum absolute atomic E-state index is 12.4. The van der Waals surface area contributed by atoms with Crippen molar-refractivity contribution in [3.05, 3.63) is 29.8 Å². The number of fused-ring (bicyclic) bond motifs is 1. The second kappa shape index (κ2) is 4.17. The van der Waals surface area contributed by atoms with Crippen LogP contribution in [0.2, 0.25) is 0 Å². The van der Waals surface area contributed by atoms with Crippen LogP contribution in [0.1, 0.15) is 36.0 Å². The number of hydrogen-bond acceptors (Lipinski definition) is 2. The van der Waals surface area contributed by atoms with Crippen molar-refractivity contribution in [1.82, 2.24) is 0 Å². The molecule has 2 atom stereocenters. The van der Waals surface area contributed by atoms with Crippen molar-refractivity contribution in [2.24, 2.45) is 17.8 Å². The molecule has 0 spiro atoms. The zero-order valence-electron chi connectivity index (χ0n) is 10.2. The molecule has 17 heavy (non-hydrogen) atoms. The number of ether oxygens (including phenoxy) is 1. The summed E-state index contributed by atoms with van der Waals surface area (Å²) in [6.07, 6.45) is 5.13. The molecule has 1 aromatic carbocycles. The van der Waals surface area contributed by atoms with Gasteiger partial charge >= 0.3 is 0 Å². The van der Waals surface area contributed by atoms with Crippen LogP contribution in [0.25, 0.3) is 0 Å². The Morgan fingerprint density at radius 1 is 1.24 bits per heavy atom. The summed E-state index contributed by atoms with van der Waals surface area (Å²) in [6, 6.07) is 7.57. The van der Waals surface area contributed by atoms with Gasteiger partial charge in [-0.15, -0.1) is 0 Å². The monoisotopic (exact) mass is 230 g/mol. The van der Waals surface area contributed by atoms with Gasteiger partial charge in [-0.3, -0.25) is 4.79 Å². The van der Waals surface area contributed by atoms with Gasteiger partial charge in [-0.2, -0.15) is 0 Å². The van der Waals surface area contributed by atoms with Crippen molar-refractivity contribution in [1.29, 1.82) is 0 Å². The number of benzene rings is 1. The molecule has 0 amide bonds. The van der Waals surface area contributed by atoms with E-state index in [1.165, 1.54) is 25.7 Å². The fraction of sp³-hybridized carbons (Fsp3) is 0.533. The molecule has 2 fully saturated rings. The Morgan fingerprint density at radius 3 is 2.59 bits per heavy atom. The Balaban J connectivity index is 1.78. The molecule has 0 aliphatic heterocycles. The third-order valence-corrected chi connectivity index (χ3v) is 4.31. The summed E-state index contributed by atoms with van der Waals surface area (Å²) in [5, 5.41) is 0.